The van der Waals surface area contributed by atoms with E-state index in [9.17, 15) is 21.6 Å². The summed E-state index contributed by atoms with van der Waals surface area (Å²) in [6, 6.07) is 0. The molecule has 21 heavy (non-hydrogen) atoms. The number of nitrogens with two attached hydrogens (primary N) is 1. The normalized spacial score (nSPS) is 15.9. The Morgan fingerprint density at radius 1 is 1.38 bits per heavy atom. The van der Waals surface area contributed by atoms with Gasteiger partial charge in [0.1, 0.15) is 14.7 Å². The molecule has 1 saturated carbocycles. The van der Waals surface area contributed by atoms with Gasteiger partial charge in [-0.25, -0.2) is 22.0 Å². The van der Waals surface area contributed by atoms with Crippen molar-refractivity contribution in [2.75, 3.05) is 18.6 Å². The van der Waals surface area contributed by atoms with Crippen LogP contribution in [-0.2, 0) is 19.9 Å². The highest BCUT2D eigenvalue weighted by molar-refractivity contribution is 7.90. The molecular weight excluding hydrogens is 320 g/mol. The number of sulfone groups is 1. The third-order valence-electron chi connectivity index (χ3n) is 2.99. The molecule has 0 aliphatic heterocycles. The van der Waals surface area contributed by atoms with E-state index in [1.54, 1.807) is 0 Å². The minimum Gasteiger partial charge on any atom is -0.350 e. The highest BCUT2D eigenvalue weighted by atomic mass is 32.2. The first-order valence-electron chi connectivity index (χ1n) is 6.16. The van der Waals surface area contributed by atoms with Gasteiger partial charge in [-0.15, -0.1) is 0 Å². The minimum absolute atomic E-state index is 0.0170. The molecule has 2 rings (SSSR count). The van der Waals surface area contributed by atoms with Crippen molar-refractivity contribution in [3.63, 3.8) is 0 Å². The number of carbonyl (C=O) groups is 1. The van der Waals surface area contributed by atoms with Crippen molar-refractivity contribution in [3.8, 4) is 0 Å². The molecule has 0 unspecified atom stereocenters. The van der Waals surface area contributed by atoms with Crippen LogP contribution in [0.3, 0.4) is 0 Å². The van der Waals surface area contributed by atoms with Crippen LogP contribution in [0, 0.1) is 0 Å². The molecule has 0 bridgehead atoms. The highest BCUT2D eigenvalue weighted by Crippen LogP contribution is 2.42. The second-order valence-electron chi connectivity index (χ2n) is 5.02. The van der Waals surface area contributed by atoms with Crippen LogP contribution in [0.25, 0.3) is 0 Å². The Hall–Kier alpha value is -1.46. The first kappa shape index (κ1) is 15.9. The van der Waals surface area contributed by atoms with E-state index in [4.69, 9.17) is 5.14 Å². The van der Waals surface area contributed by atoms with Crippen LogP contribution >= 0.6 is 0 Å². The molecule has 4 N–H and O–H groups in total. The molecule has 0 aromatic carbocycles. The van der Waals surface area contributed by atoms with E-state index in [1.165, 1.54) is 0 Å². The third-order valence-corrected chi connectivity index (χ3v) is 4.92. The van der Waals surface area contributed by atoms with Crippen molar-refractivity contribution in [1.29, 1.82) is 0 Å². The molecule has 1 aromatic heterocycles. The molecule has 1 heterocycles. The summed E-state index contributed by atoms with van der Waals surface area (Å²) in [6.07, 6.45) is 2.65. The number of aromatic amines is 1. The number of nitrogens with one attached hydrogen (secondary N) is 2. The first-order chi connectivity index (χ1) is 9.59. The maximum atomic E-state index is 11.9. The molecule has 0 radical (unpaired) electrons. The van der Waals surface area contributed by atoms with Gasteiger partial charge in [0.05, 0.1) is 11.4 Å². The number of hydrogen-bond acceptors (Lipinski definition) is 6. The molecule has 118 valence electrons. The number of H-pyrrole nitrogens is 1. The summed E-state index contributed by atoms with van der Waals surface area (Å²) >= 11 is 0. The molecule has 9 nitrogen and oxygen atoms in total. The van der Waals surface area contributed by atoms with Crippen LogP contribution in [-0.4, -0.2) is 51.5 Å². The highest BCUT2D eigenvalue weighted by Gasteiger charge is 2.35. The Kier molecular flexibility index (Phi) is 4.08. The molecule has 1 aromatic rings. The standard InChI is InChI=1S/C10H16N4O5S2/c1-20(16,17)5-4-12-10(15)8-9(21(11,18)19)7(13-14-8)6-2-3-6/h6H,2-5H2,1H3,(H,12,15)(H,13,14)(H2,11,18,19). The molecule has 1 aliphatic carbocycles. The number of rotatable bonds is 6. The van der Waals surface area contributed by atoms with E-state index in [0.29, 0.717) is 5.69 Å². The van der Waals surface area contributed by atoms with Crippen molar-refractivity contribution in [2.45, 2.75) is 23.7 Å². The number of hydrogen-bond donors (Lipinski definition) is 3. The fraction of sp³-hybridized carbons (Fsp3) is 0.600. The Labute approximate surface area is 122 Å². The molecular formula is C10H16N4O5S2. The van der Waals surface area contributed by atoms with Crippen molar-refractivity contribution in [3.05, 3.63) is 11.4 Å². The third kappa shape index (κ3) is 4.02. The lowest BCUT2D eigenvalue weighted by molar-refractivity contribution is 0.0948. The maximum absolute atomic E-state index is 11.9. The van der Waals surface area contributed by atoms with E-state index in [1.807, 2.05) is 0 Å². The lowest BCUT2D eigenvalue weighted by Crippen LogP contribution is -2.30. The number of amides is 1. The average Bonchev–Trinajstić information content (AvgIpc) is 3.04. The van der Waals surface area contributed by atoms with Gasteiger partial charge in [0, 0.05) is 18.7 Å². The van der Waals surface area contributed by atoms with Crippen molar-refractivity contribution < 1.29 is 21.6 Å². The first-order valence-corrected chi connectivity index (χ1v) is 9.77. The monoisotopic (exact) mass is 336 g/mol. The van der Waals surface area contributed by atoms with Gasteiger partial charge in [0.2, 0.25) is 10.0 Å². The summed E-state index contributed by atoms with van der Waals surface area (Å²) in [7, 11) is -7.32. The van der Waals surface area contributed by atoms with Gasteiger partial charge in [-0.3, -0.25) is 9.89 Å². The van der Waals surface area contributed by atoms with Crippen LogP contribution < -0.4 is 10.5 Å². The molecule has 0 atom stereocenters. The number of carbonyl (C=O) groups excluding carboxylic acids is 1. The second kappa shape index (κ2) is 5.39. The summed E-state index contributed by atoms with van der Waals surface area (Å²) < 4.78 is 45.3. The van der Waals surface area contributed by atoms with E-state index in [2.05, 4.69) is 15.5 Å². The zero-order chi connectivity index (χ0) is 15.8. The van der Waals surface area contributed by atoms with Gasteiger partial charge in [-0.2, -0.15) is 5.10 Å². The Morgan fingerprint density at radius 2 is 2.00 bits per heavy atom. The molecule has 1 aliphatic rings. The molecule has 0 saturated heterocycles. The van der Waals surface area contributed by atoms with Gasteiger partial charge in [-0.1, -0.05) is 0 Å². The van der Waals surface area contributed by atoms with Crippen molar-refractivity contribution >= 4 is 25.8 Å². The Morgan fingerprint density at radius 3 is 2.48 bits per heavy atom. The quantitative estimate of drug-likeness (QED) is 0.587. The minimum atomic E-state index is -4.10. The number of aromatic nitrogens is 2. The maximum Gasteiger partial charge on any atom is 0.273 e. The zero-order valence-corrected chi connectivity index (χ0v) is 12.9. The van der Waals surface area contributed by atoms with Crippen LogP contribution in [0.15, 0.2) is 4.90 Å². The SMILES string of the molecule is CS(=O)(=O)CCNC(=O)c1n[nH]c(C2CC2)c1S(N)(=O)=O. The van der Waals surface area contributed by atoms with Crippen LogP contribution in [0.2, 0.25) is 0 Å². The van der Waals surface area contributed by atoms with Gasteiger partial charge in [0.15, 0.2) is 5.69 Å². The summed E-state index contributed by atoms with van der Waals surface area (Å²) in [5.74, 6) is -1.00. The smallest absolute Gasteiger partial charge is 0.273 e. The van der Waals surface area contributed by atoms with E-state index < -0.39 is 25.8 Å². The van der Waals surface area contributed by atoms with Gasteiger partial charge >= 0.3 is 0 Å². The van der Waals surface area contributed by atoms with E-state index >= 15 is 0 Å². The predicted octanol–water partition coefficient (Wildman–Crippen LogP) is -1.29. The van der Waals surface area contributed by atoms with Crippen LogP contribution in [0.4, 0.5) is 0 Å². The van der Waals surface area contributed by atoms with Gasteiger partial charge in [-0.05, 0) is 12.8 Å². The van der Waals surface area contributed by atoms with Gasteiger partial charge < -0.3 is 5.32 Å². The topological polar surface area (TPSA) is 152 Å². The van der Waals surface area contributed by atoms with Crippen LogP contribution in [0.5, 0.6) is 0 Å². The second-order valence-corrected chi connectivity index (χ2v) is 8.78. The van der Waals surface area contributed by atoms with E-state index in [0.717, 1.165) is 19.1 Å². The number of nitrogens with zero attached hydrogens (tertiary/aromatic N) is 1. The zero-order valence-electron chi connectivity index (χ0n) is 11.3. The Bertz CT molecular complexity index is 761. The lowest BCUT2D eigenvalue weighted by atomic mass is 10.2. The predicted molar refractivity (Wildman–Crippen MR) is 74.0 cm³/mol. The summed E-state index contributed by atoms with van der Waals surface area (Å²) in [6.45, 7) is -0.132. The number of primary sulfonamides is 1. The fourth-order valence-corrected chi connectivity index (χ4v) is 3.27. The fourth-order valence-electron chi connectivity index (χ4n) is 1.87. The molecule has 11 heteroatoms. The molecule has 1 fully saturated rings. The molecule has 1 amide bonds. The summed E-state index contributed by atoms with van der Waals surface area (Å²) in [5.41, 5.74) is 0.0127. The Balaban J connectivity index is 2.21. The number of sulfonamides is 1. The van der Waals surface area contributed by atoms with Gasteiger partial charge in [0.25, 0.3) is 5.91 Å². The summed E-state index contributed by atoms with van der Waals surface area (Å²) in [4.78, 5) is 11.6. The van der Waals surface area contributed by atoms with Crippen molar-refractivity contribution in [1.82, 2.24) is 15.5 Å². The van der Waals surface area contributed by atoms with Crippen molar-refractivity contribution in [2.24, 2.45) is 5.14 Å². The largest absolute Gasteiger partial charge is 0.350 e. The summed E-state index contributed by atoms with van der Waals surface area (Å²) in [5, 5.41) is 13.7. The lowest BCUT2D eigenvalue weighted by Gasteiger charge is -2.04. The average molecular weight is 336 g/mol. The van der Waals surface area contributed by atoms with E-state index in [-0.39, 0.29) is 28.8 Å². The van der Waals surface area contributed by atoms with Crippen LogP contribution in [0.1, 0.15) is 34.9 Å². The molecule has 0 spiro atoms.